The average Bonchev–Trinajstić information content (AvgIpc) is 2.26. The highest BCUT2D eigenvalue weighted by atomic mass is 79.9. The van der Waals surface area contributed by atoms with Gasteiger partial charge in [-0.1, -0.05) is 29.3 Å². The molecular weight excluding hydrogens is 298 g/mol. The van der Waals surface area contributed by atoms with Crippen molar-refractivity contribution in [1.29, 1.82) is 0 Å². The number of amides is 1. The number of ether oxygens (including phenoxy) is 1. The lowest BCUT2D eigenvalue weighted by molar-refractivity contribution is -0.108. The van der Waals surface area contributed by atoms with Gasteiger partial charge in [-0.05, 0) is 33.1 Å². The molecule has 0 heterocycles. The highest BCUT2D eigenvalue weighted by Crippen LogP contribution is 2.19. The van der Waals surface area contributed by atoms with Crippen LogP contribution in [-0.4, -0.2) is 41.3 Å². The molecule has 0 aromatic rings. The molecule has 0 aliphatic carbocycles. The zero-order valence-corrected chi connectivity index (χ0v) is 13.5. The van der Waals surface area contributed by atoms with Gasteiger partial charge in [0.2, 0.25) is 0 Å². The molecule has 5 heteroatoms. The van der Waals surface area contributed by atoms with Crippen LogP contribution >= 0.6 is 15.9 Å². The lowest BCUT2D eigenvalue weighted by atomic mass is 9.99. The number of hydrogen-bond donors (Lipinski definition) is 0. The van der Waals surface area contributed by atoms with Gasteiger partial charge in [-0.15, -0.1) is 0 Å². The first-order valence-electron chi connectivity index (χ1n) is 6.24. The van der Waals surface area contributed by atoms with Gasteiger partial charge in [0.1, 0.15) is 11.9 Å². The van der Waals surface area contributed by atoms with E-state index in [0.29, 0.717) is 6.54 Å². The molecule has 0 aliphatic heterocycles. The van der Waals surface area contributed by atoms with E-state index in [1.54, 1.807) is 11.9 Å². The molecule has 0 radical (unpaired) electrons. The number of aldehydes is 1. The topological polar surface area (TPSA) is 46.6 Å². The third-order valence-electron chi connectivity index (χ3n) is 2.65. The fourth-order valence-corrected chi connectivity index (χ4v) is 2.13. The van der Waals surface area contributed by atoms with E-state index in [2.05, 4.69) is 15.9 Å². The highest BCUT2D eigenvalue weighted by Gasteiger charge is 2.21. The number of halogens is 1. The van der Waals surface area contributed by atoms with Crippen LogP contribution < -0.4 is 0 Å². The molecule has 0 bridgehead atoms. The fraction of sp³-hybridized carbons (Fsp3) is 0.846. The first-order chi connectivity index (χ1) is 8.21. The Morgan fingerprint density at radius 2 is 2.00 bits per heavy atom. The smallest absolute Gasteiger partial charge is 0.410 e. The second-order valence-corrected chi connectivity index (χ2v) is 6.50. The molecule has 2 unspecified atom stereocenters. The molecule has 0 aromatic carbocycles. The standard InChI is InChI=1S/C13H24BrNO3/c1-6-10(11(14)9-16)7-8-15(5)12(17)18-13(2,3)4/h9-11H,6-8H2,1-5H3. The maximum Gasteiger partial charge on any atom is 0.410 e. The fourth-order valence-electron chi connectivity index (χ4n) is 1.49. The summed E-state index contributed by atoms with van der Waals surface area (Å²) in [5.74, 6) is 0.243. The molecule has 0 aromatic heterocycles. The third kappa shape index (κ3) is 6.99. The van der Waals surface area contributed by atoms with Crippen LogP contribution in [0.5, 0.6) is 0 Å². The molecule has 18 heavy (non-hydrogen) atoms. The van der Waals surface area contributed by atoms with Gasteiger partial charge in [0.25, 0.3) is 0 Å². The molecule has 0 rings (SSSR count). The monoisotopic (exact) mass is 321 g/mol. The van der Waals surface area contributed by atoms with E-state index in [1.165, 1.54) is 0 Å². The van der Waals surface area contributed by atoms with Gasteiger partial charge in [0.15, 0.2) is 0 Å². The quantitative estimate of drug-likeness (QED) is 0.557. The van der Waals surface area contributed by atoms with Crippen LogP contribution in [0.2, 0.25) is 0 Å². The molecule has 106 valence electrons. The van der Waals surface area contributed by atoms with Crippen LogP contribution in [0.15, 0.2) is 0 Å². The Bertz CT molecular complexity index is 276. The summed E-state index contributed by atoms with van der Waals surface area (Å²) in [4.78, 5) is 23.9. The Morgan fingerprint density at radius 3 is 2.39 bits per heavy atom. The molecule has 1 amide bonds. The Hall–Kier alpha value is -0.580. The normalized spacial score (nSPS) is 14.8. The van der Waals surface area contributed by atoms with Crippen molar-refractivity contribution in [3.05, 3.63) is 0 Å². The van der Waals surface area contributed by atoms with Crippen molar-refractivity contribution >= 4 is 28.3 Å². The van der Waals surface area contributed by atoms with Crippen molar-refractivity contribution in [2.24, 2.45) is 5.92 Å². The van der Waals surface area contributed by atoms with Crippen molar-refractivity contribution in [3.63, 3.8) is 0 Å². The highest BCUT2D eigenvalue weighted by molar-refractivity contribution is 9.09. The van der Waals surface area contributed by atoms with E-state index < -0.39 is 5.60 Å². The zero-order chi connectivity index (χ0) is 14.3. The van der Waals surface area contributed by atoms with Crippen LogP contribution in [0.3, 0.4) is 0 Å². The summed E-state index contributed by atoms with van der Waals surface area (Å²) in [6, 6.07) is 0. The first-order valence-corrected chi connectivity index (χ1v) is 7.16. The number of carbonyl (C=O) groups excluding carboxylic acids is 2. The molecule has 0 spiro atoms. The van der Waals surface area contributed by atoms with E-state index in [-0.39, 0.29) is 16.8 Å². The average molecular weight is 322 g/mol. The van der Waals surface area contributed by atoms with Gasteiger partial charge < -0.3 is 14.4 Å². The molecule has 0 fully saturated rings. The van der Waals surface area contributed by atoms with Gasteiger partial charge >= 0.3 is 6.09 Å². The van der Waals surface area contributed by atoms with Gasteiger partial charge in [-0.3, -0.25) is 0 Å². The lowest BCUT2D eigenvalue weighted by Crippen LogP contribution is -2.35. The second-order valence-electron chi connectivity index (χ2n) is 5.44. The molecular formula is C13H24BrNO3. The maximum absolute atomic E-state index is 11.7. The SMILES string of the molecule is CCC(CCN(C)C(=O)OC(C)(C)C)C(Br)C=O. The summed E-state index contributed by atoms with van der Waals surface area (Å²) < 4.78 is 5.26. The molecule has 4 nitrogen and oxygen atoms in total. The van der Waals surface area contributed by atoms with Crippen LogP contribution in [0.25, 0.3) is 0 Å². The van der Waals surface area contributed by atoms with E-state index in [9.17, 15) is 9.59 Å². The van der Waals surface area contributed by atoms with E-state index in [4.69, 9.17) is 4.74 Å². The number of carbonyl (C=O) groups is 2. The van der Waals surface area contributed by atoms with Gasteiger partial charge in [-0.2, -0.15) is 0 Å². The number of nitrogens with zero attached hydrogens (tertiary/aromatic N) is 1. The minimum Gasteiger partial charge on any atom is -0.444 e. The van der Waals surface area contributed by atoms with Crippen LogP contribution in [0.1, 0.15) is 40.5 Å². The van der Waals surface area contributed by atoms with Crippen LogP contribution in [-0.2, 0) is 9.53 Å². The predicted molar refractivity (Wildman–Crippen MR) is 76.0 cm³/mol. The summed E-state index contributed by atoms with van der Waals surface area (Å²) in [5.41, 5.74) is -0.476. The Balaban J connectivity index is 4.19. The van der Waals surface area contributed by atoms with E-state index >= 15 is 0 Å². The van der Waals surface area contributed by atoms with Crippen molar-refractivity contribution in [2.45, 2.75) is 51.0 Å². The number of alkyl halides is 1. The van der Waals surface area contributed by atoms with Gasteiger partial charge in [0, 0.05) is 13.6 Å². The van der Waals surface area contributed by atoms with Crippen molar-refractivity contribution in [3.8, 4) is 0 Å². The van der Waals surface area contributed by atoms with Crippen LogP contribution in [0, 0.1) is 5.92 Å². The largest absolute Gasteiger partial charge is 0.444 e. The summed E-state index contributed by atoms with van der Waals surface area (Å²) >= 11 is 3.34. The maximum atomic E-state index is 11.7. The van der Waals surface area contributed by atoms with Gasteiger partial charge in [0.05, 0.1) is 4.83 Å². The first kappa shape index (κ1) is 17.4. The van der Waals surface area contributed by atoms with Crippen molar-refractivity contribution < 1.29 is 14.3 Å². The van der Waals surface area contributed by atoms with Crippen molar-refractivity contribution in [1.82, 2.24) is 4.90 Å². The number of hydrogen-bond acceptors (Lipinski definition) is 3. The van der Waals surface area contributed by atoms with E-state index in [1.807, 2.05) is 27.7 Å². The van der Waals surface area contributed by atoms with Gasteiger partial charge in [-0.25, -0.2) is 4.79 Å². The zero-order valence-electron chi connectivity index (χ0n) is 11.9. The minimum atomic E-state index is -0.476. The minimum absolute atomic E-state index is 0.144. The van der Waals surface area contributed by atoms with E-state index in [0.717, 1.165) is 19.1 Å². The molecule has 0 aliphatic rings. The summed E-state index contributed by atoms with van der Waals surface area (Å²) in [5, 5.41) is 0. The van der Waals surface area contributed by atoms with Crippen LogP contribution in [0.4, 0.5) is 4.79 Å². The predicted octanol–water partition coefficient (Wildman–Crippen LogP) is 3.23. The lowest BCUT2D eigenvalue weighted by Gasteiger charge is -2.26. The second kappa shape index (κ2) is 7.77. The molecule has 2 atom stereocenters. The molecule has 0 saturated carbocycles. The Kier molecular flexibility index (Phi) is 7.52. The molecule has 0 saturated heterocycles. The summed E-state index contributed by atoms with van der Waals surface area (Å²) in [6.07, 6.45) is 2.26. The Morgan fingerprint density at radius 1 is 1.44 bits per heavy atom. The Labute approximate surface area is 118 Å². The molecule has 0 N–H and O–H groups in total. The van der Waals surface area contributed by atoms with Crippen molar-refractivity contribution in [2.75, 3.05) is 13.6 Å². The third-order valence-corrected chi connectivity index (χ3v) is 3.61. The summed E-state index contributed by atoms with van der Waals surface area (Å²) in [7, 11) is 1.71. The summed E-state index contributed by atoms with van der Waals surface area (Å²) in [6.45, 7) is 8.15. The number of rotatable bonds is 6.